The summed E-state index contributed by atoms with van der Waals surface area (Å²) in [7, 11) is -2.52. The first kappa shape index (κ1) is 17.2. The highest BCUT2D eigenvalue weighted by Crippen LogP contribution is 2.31. The largest absolute Gasteiger partial charge is 0.289 e. The van der Waals surface area contributed by atoms with Crippen LogP contribution >= 0.6 is 11.6 Å². The number of rotatable bonds is 4. The van der Waals surface area contributed by atoms with E-state index in [2.05, 4.69) is 0 Å². The van der Waals surface area contributed by atoms with Gasteiger partial charge in [-0.2, -0.15) is 0 Å². The summed E-state index contributed by atoms with van der Waals surface area (Å²) in [5, 5.41) is 10.8. The topological polar surface area (TPSA) is 80.5 Å². The van der Waals surface area contributed by atoms with Crippen molar-refractivity contribution in [3.63, 3.8) is 0 Å². The van der Waals surface area contributed by atoms with E-state index in [1.54, 1.807) is 12.1 Å². The van der Waals surface area contributed by atoms with Gasteiger partial charge in [-0.3, -0.25) is 14.4 Å². The molecule has 0 aliphatic heterocycles. The molecular weight excluding hydrogens is 340 g/mol. The zero-order valence-electron chi connectivity index (χ0n) is 12.8. The Bertz CT molecular complexity index is 881. The van der Waals surface area contributed by atoms with Gasteiger partial charge in [0, 0.05) is 13.1 Å². The van der Waals surface area contributed by atoms with Crippen LogP contribution in [0, 0.1) is 24.0 Å². The summed E-state index contributed by atoms with van der Waals surface area (Å²) in [6.07, 6.45) is 0. The lowest BCUT2D eigenvalue weighted by Crippen LogP contribution is -2.27. The van der Waals surface area contributed by atoms with Gasteiger partial charge < -0.3 is 0 Å². The molecule has 2 rings (SSSR count). The van der Waals surface area contributed by atoms with E-state index in [1.165, 1.54) is 19.2 Å². The zero-order chi connectivity index (χ0) is 17.4. The number of nitro groups is 1. The number of halogens is 1. The summed E-state index contributed by atoms with van der Waals surface area (Å²) in [5.74, 6) is 0. The quantitative estimate of drug-likeness (QED) is 0.619. The molecule has 0 atom stereocenters. The number of hydrogen-bond acceptors (Lipinski definition) is 4. The fourth-order valence-corrected chi connectivity index (χ4v) is 3.62. The number of hydrogen-bond donors (Lipinski definition) is 0. The van der Waals surface area contributed by atoms with E-state index in [-0.39, 0.29) is 9.92 Å². The lowest BCUT2D eigenvalue weighted by Gasteiger charge is -2.22. The normalized spacial score (nSPS) is 11.3. The van der Waals surface area contributed by atoms with E-state index in [1.807, 2.05) is 19.9 Å². The van der Waals surface area contributed by atoms with Gasteiger partial charge in [0.05, 0.1) is 15.5 Å². The van der Waals surface area contributed by atoms with Gasteiger partial charge in [0.25, 0.3) is 15.7 Å². The van der Waals surface area contributed by atoms with Crippen LogP contribution in [0.25, 0.3) is 0 Å². The Hall–Kier alpha value is -2.12. The molecule has 0 aromatic heterocycles. The van der Waals surface area contributed by atoms with Crippen LogP contribution in [0.2, 0.25) is 5.02 Å². The first-order valence-corrected chi connectivity index (χ1v) is 8.47. The third-order valence-electron chi connectivity index (χ3n) is 3.69. The Morgan fingerprint density at radius 1 is 1.17 bits per heavy atom. The van der Waals surface area contributed by atoms with Gasteiger partial charge in [-0.25, -0.2) is 8.42 Å². The molecule has 0 amide bonds. The molecule has 0 aliphatic carbocycles. The average molecular weight is 355 g/mol. The van der Waals surface area contributed by atoms with Gasteiger partial charge in [0.1, 0.15) is 5.02 Å². The molecule has 0 saturated carbocycles. The van der Waals surface area contributed by atoms with Crippen LogP contribution in [0.3, 0.4) is 0 Å². The van der Waals surface area contributed by atoms with E-state index in [9.17, 15) is 18.5 Å². The van der Waals surface area contributed by atoms with E-state index >= 15 is 0 Å². The standard InChI is InChI=1S/C15H15ClN2O4S/c1-10-5-4-6-14(11(10)2)17(3)23(21,22)12-7-8-13(16)15(9-12)18(19)20/h4-9H,1-3H3. The van der Waals surface area contributed by atoms with E-state index in [0.29, 0.717) is 5.69 Å². The van der Waals surface area contributed by atoms with Crippen LogP contribution in [0.5, 0.6) is 0 Å². The molecule has 122 valence electrons. The van der Waals surface area contributed by atoms with Crippen molar-refractivity contribution in [2.45, 2.75) is 18.7 Å². The molecule has 0 heterocycles. The monoisotopic (exact) mass is 354 g/mol. The van der Waals surface area contributed by atoms with Crippen LogP contribution in [-0.2, 0) is 10.0 Å². The van der Waals surface area contributed by atoms with Crippen molar-refractivity contribution in [2.75, 3.05) is 11.4 Å². The van der Waals surface area contributed by atoms with Gasteiger partial charge in [-0.15, -0.1) is 0 Å². The Kier molecular flexibility index (Phi) is 4.63. The predicted molar refractivity (Wildman–Crippen MR) is 89.6 cm³/mol. The summed E-state index contributed by atoms with van der Waals surface area (Å²) >= 11 is 5.73. The maximum absolute atomic E-state index is 12.7. The second-order valence-corrected chi connectivity index (χ2v) is 7.44. The highest BCUT2D eigenvalue weighted by atomic mass is 35.5. The molecular formula is C15H15ClN2O4S. The number of anilines is 1. The highest BCUT2D eigenvalue weighted by molar-refractivity contribution is 7.92. The molecule has 0 fully saturated rings. The van der Waals surface area contributed by atoms with Crippen LogP contribution in [0.1, 0.15) is 11.1 Å². The number of aryl methyl sites for hydroxylation is 1. The van der Waals surface area contributed by atoms with E-state index in [4.69, 9.17) is 11.6 Å². The van der Waals surface area contributed by atoms with Crippen LogP contribution in [0.15, 0.2) is 41.3 Å². The van der Waals surface area contributed by atoms with Crippen molar-refractivity contribution in [2.24, 2.45) is 0 Å². The second kappa shape index (κ2) is 6.17. The minimum Gasteiger partial charge on any atom is -0.269 e. The average Bonchev–Trinajstić information content (AvgIpc) is 2.49. The first-order chi connectivity index (χ1) is 10.7. The maximum atomic E-state index is 12.7. The molecule has 2 aromatic carbocycles. The van der Waals surface area contributed by atoms with Gasteiger partial charge in [-0.05, 0) is 43.2 Å². The third-order valence-corrected chi connectivity index (χ3v) is 5.78. The molecule has 0 bridgehead atoms. The molecule has 0 spiro atoms. The minimum absolute atomic E-state index is 0.108. The summed E-state index contributed by atoms with van der Waals surface area (Å²) in [6, 6.07) is 8.76. The van der Waals surface area contributed by atoms with Crippen LogP contribution in [-0.4, -0.2) is 20.4 Å². The van der Waals surface area contributed by atoms with Gasteiger partial charge >= 0.3 is 0 Å². The number of sulfonamides is 1. The molecule has 0 aliphatic rings. The number of nitrogens with zero attached hydrogens (tertiary/aromatic N) is 2. The Labute approximate surface area is 139 Å². The molecule has 0 N–H and O–H groups in total. The second-order valence-electron chi connectivity index (χ2n) is 5.06. The third kappa shape index (κ3) is 3.16. The molecule has 23 heavy (non-hydrogen) atoms. The van der Waals surface area contributed by atoms with Crippen molar-refractivity contribution in [3.05, 3.63) is 62.7 Å². The van der Waals surface area contributed by atoms with Crippen LogP contribution in [0.4, 0.5) is 11.4 Å². The van der Waals surface area contributed by atoms with Crippen molar-refractivity contribution in [1.82, 2.24) is 0 Å². The maximum Gasteiger partial charge on any atom is 0.289 e. The van der Waals surface area contributed by atoms with Crippen molar-refractivity contribution < 1.29 is 13.3 Å². The van der Waals surface area contributed by atoms with E-state index < -0.39 is 20.6 Å². The van der Waals surface area contributed by atoms with E-state index in [0.717, 1.165) is 21.5 Å². The van der Waals surface area contributed by atoms with Crippen LogP contribution < -0.4 is 4.31 Å². The lowest BCUT2D eigenvalue weighted by molar-refractivity contribution is -0.384. The Morgan fingerprint density at radius 3 is 2.43 bits per heavy atom. The van der Waals surface area contributed by atoms with Crippen molar-refractivity contribution in [1.29, 1.82) is 0 Å². The summed E-state index contributed by atoms with van der Waals surface area (Å²) in [4.78, 5) is 10.1. The smallest absolute Gasteiger partial charge is 0.269 e. The summed E-state index contributed by atoms with van der Waals surface area (Å²) < 4.78 is 26.6. The molecule has 8 heteroatoms. The molecule has 6 nitrogen and oxygen atoms in total. The first-order valence-electron chi connectivity index (χ1n) is 6.65. The minimum atomic E-state index is -3.93. The summed E-state index contributed by atoms with van der Waals surface area (Å²) in [5.41, 5.74) is 1.85. The molecule has 2 aromatic rings. The molecule has 0 radical (unpaired) electrons. The number of benzene rings is 2. The predicted octanol–water partition coefficient (Wildman–Crippen LogP) is 3.69. The zero-order valence-corrected chi connectivity index (χ0v) is 14.4. The lowest BCUT2D eigenvalue weighted by atomic mass is 10.1. The van der Waals surface area contributed by atoms with Gasteiger partial charge in [0.15, 0.2) is 0 Å². The van der Waals surface area contributed by atoms with Gasteiger partial charge in [0.2, 0.25) is 0 Å². The van der Waals surface area contributed by atoms with Crippen molar-refractivity contribution in [3.8, 4) is 0 Å². The Morgan fingerprint density at radius 2 is 1.83 bits per heavy atom. The van der Waals surface area contributed by atoms with Gasteiger partial charge in [-0.1, -0.05) is 23.7 Å². The number of nitro benzene ring substituents is 1. The fourth-order valence-electron chi connectivity index (χ4n) is 2.16. The highest BCUT2D eigenvalue weighted by Gasteiger charge is 2.26. The molecule has 0 saturated heterocycles. The summed E-state index contributed by atoms with van der Waals surface area (Å²) in [6.45, 7) is 3.70. The molecule has 0 unspecified atom stereocenters. The SMILES string of the molecule is Cc1cccc(N(C)S(=O)(=O)c2ccc(Cl)c([N+](=O)[O-])c2)c1C. The van der Waals surface area contributed by atoms with Crippen molar-refractivity contribution >= 4 is 33.0 Å². The fraction of sp³-hybridized carbons (Fsp3) is 0.200. The Balaban J connectivity index is 2.56.